The molecule has 1 aliphatic heterocycles. The number of carboxylic acid groups (broad SMARTS) is 1. The lowest BCUT2D eigenvalue weighted by Gasteiger charge is -2.29. The van der Waals surface area contributed by atoms with E-state index in [2.05, 4.69) is 4.90 Å². The van der Waals surface area contributed by atoms with Gasteiger partial charge in [-0.05, 0) is 25.0 Å². The molecule has 1 fully saturated rings. The number of aliphatic carboxylic acids is 1. The molecule has 0 spiro atoms. The van der Waals surface area contributed by atoms with Crippen LogP contribution in [0.3, 0.4) is 0 Å². The summed E-state index contributed by atoms with van der Waals surface area (Å²) in [6, 6.07) is 4.37. The van der Waals surface area contributed by atoms with Crippen molar-refractivity contribution in [2.24, 2.45) is 5.73 Å². The average Bonchev–Trinajstić information content (AvgIpc) is 2.58. The second-order valence-corrected chi connectivity index (χ2v) is 6.23. The van der Waals surface area contributed by atoms with E-state index in [-0.39, 0.29) is 23.5 Å². The maximum atomic E-state index is 13.2. The molecule has 0 saturated carbocycles. The molecule has 1 heterocycles. The minimum absolute atomic E-state index is 0.0316. The van der Waals surface area contributed by atoms with Gasteiger partial charge in [-0.15, -0.1) is 0 Å². The van der Waals surface area contributed by atoms with Gasteiger partial charge in [0.25, 0.3) is 0 Å². The molecule has 1 aromatic rings. The molecular weight excluding hydrogens is 396 g/mol. The number of piperidine rings is 1. The molecule has 0 atom stereocenters. The van der Waals surface area contributed by atoms with Crippen LogP contribution in [0.25, 0.3) is 0 Å². The fraction of sp³-hybridized carbons (Fsp3) is 0.500. The predicted octanol–water partition coefficient (Wildman–Crippen LogP) is 2.48. The van der Waals surface area contributed by atoms with Crippen molar-refractivity contribution in [2.45, 2.75) is 25.1 Å². The van der Waals surface area contributed by atoms with Gasteiger partial charge in [0, 0.05) is 25.2 Å². The number of halogens is 5. The van der Waals surface area contributed by atoms with E-state index in [1.165, 1.54) is 12.1 Å². The Kier molecular flexibility index (Phi) is 8.94. The molecule has 6 nitrogen and oxygen atoms in total. The van der Waals surface area contributed by atoms with Gasteiger partial charge in [-0.3, -0.25) is 9.69 Å². The number of nitrogens with two attached hydrogens (primary N) is 1. The van der Waals surface area contributed by atoms with E-state index in [0.717, 1.165) is 25.9 Å². The molecule has 0 aromatic heterocycles. The number of benzene rings is 1. The lowest BCUT2D eigenvalue weighted by Crippen LogP contribution is -2.42. The smallest absolute Gasteiger partial charge is 0.486 e. The fourth-order valence-electron chi connectivity index (χ4n) is 2.14. The van der Waals surface area contributed by atoms with Gasteiger partial charge in [0.1, 0.15) is 18.2 Å². The molecule has 0 bridgehead atoms. The minimum Gasteiger partial charge on any atom is -0.486 e. The van der Waals surface area contributed by atoms with Gasteiger partial charge in [0.2, 0.25) is 0 Å². The number of ether oxygens (including phenoxy) is 1. The van der Waals surface area contributed by atoms with Crippen LogP contribution in [-0.4, -0.2) is 60.2 Å². The number of carbonyl (C=O) groups excluding carboxylic acids is 1. The van der Waals surface area contributed by atoms with E-state index < -0.39 is 18.0 Å². The SMILES string of the molecule is NC1CCN(CC(=O)COc2ccc(Cl)c(F)c2)CC1.O=C(O)C(F)(F)F. The summed E-state index contributed by atoms with van der Waals surface area (Å²) in [4.78, 5) is 22.8. The van der Waals surface area contributed by atoms with E-state index in [0.29, 0.717) is 12.3 Å². The Bertz CT molecular complexity index is 650. The molecule has 0 aliphatic carbocycles. The minimum atomic E-state index is -5.08. The summed E-state index contributed by atoms with van der Waals surface area (Å²) in [5.41, 5.74) is 5.81. The third-order valence-electron chi connectivity index (χ3n) is 3.57. The van der Waals surface area contributed by atoms with Gasteiger partial charge in [0.15, 0.2) is 5.78 Å². The van der Waals surface area contributed by atoms with Crippen LogP contribution in [0.2, 0.25) is 5.02 Å². The number of Topliss-reactive ketones (excluding diaryl/α,β-unsaturated/α-hetero) is 1. The van der Waals surface area contributed by atoms with Gasteiger partial charge < -0.3 is 15.6 Å². The Balaban J connectivity index is 0.000000445. The highest BCUT2D eigenvalue weighted by Gasteiger charge is 2.38. The molecule has 0 unspecified atom stereocenters. The molecule has 3 N–H and O–H groups in total. The molecule has 1 aliphatic rings. The van der Waals surface area contributed by atoms with Crippen molar-refractivity contribution >= 4 is 23.4 Å². The number of alkyl halides is 3. The lowest BCUT2D eigenvalue weighted by molar-refractivity contribution is -0.192. The number of carbonyl (C=O) groups is 2. The van der Waals surface area contributed by atoms with E-state index in [4.69, 9.17) is 32.0 Å². The molecule has 2 rings (SSSR count). The summed E-state index contributed by atoms with van der Waals surface area (Å²) in [7, 11) is 0. The highest BCUT2D eigenvalue weighted by atomic mass is 35.5. The highest BCUT2D eigenvalue weighted by Crippen LogP contribution is 2.20. The van der Waals surface area contributed by atoms with Crippen LogP contribution in [0.4, 0.5) is 17.6 Å². The Hall–Kier alpha value is -1.91. The van der Waals surface area contributed by atoms with E-state index in [9.17, 15) is 22.4 Å². The molecule has 0 radical (unpaired) electrons. The first-order valence-electron chi connectivity index (χ1n) is 7.86. The zero-order valence-corrected chi connectivity index (χ0v) is 14.9. The predicted molar refractivity (Wildman–Crippen MR) is 89.3 cm³/mol. The molecule has 152 valence electrons. The van der Waals surface area contributed by atoms with Crippen molar-refractivity contribution in [3.8, 4) is 5.75 Å². The van der Waals surface area contributed by atoms with Crippen LogP contribution in [0.5, 0.6) is 5.75 Å². The Morgan fingerprint density at radius 3 is 2.33 bits per heavy atom. The van der Waals surface area contributed by atoms with Crippen molar-refractivity contribution in [1.82, 2.24) is 4.90 Å². The van der Waals surface area contributed by atoms with Gasteiger partial charge >= 0.3 is 12.1 Å². The number of ketones is 1. The highest BCUT2D eigenvalue weighted by molar-refractivity contribution is 6.30. The summed E-state index contributed by atoms with van der Waals surface area (Å²) >= 11 is 5.57. The first-order valence-corrected chi connectivity index (χ1v) is 8.24. The lowest BCUT2D eigenvalue weighted by atomic mass is 10.1. The van der Waals surface area contributed by atoms with Crippen molar-refractivity contribution in [3.05, 3.63) is 29.0 Å². The number of carboxylic acids is 1. The number of hydrogen-bond acceptors (Lipinski definition) is 5. The maximum absolute atomic E-state index is 13.2. The maximum Gasteiger partial charge on any atom is 0.490 e. The summed E-state index contributed by atoms with van der Waals surface area (Å²) in [5.74, 6) is -3.04. The summed E-state index contributed by atoms with van der Waals surface area (Å²) < 4.78 is 50.2. The Morgan fingerprint density at radius 2 is 1.85 bits per heavy atom. The monoisotopic (exact) mass is 414 g/mol. The van der Waals surface area contributed by atoms with Crippen LogP contribution < -0.4 is 10.5 Å². The largest absolute Gasteiger partial charge is 0.490 e. The summed E-state index contributed by atoms with van der Waals surface area (Å²) in [5, 5.41) is 7.16. The third kappa shape index (κ3) is 9.03. The van der Waals surface area contributed by atoms with Crippen molar-refractivity contribution in [2.75, 3.05) is 26.2 Å². The van der Waals surface area contributed by atoms with Crippen LogP contribution in [0, 0.1) is 5.82 Å². The number of likely N-dealkylation sites (tertiary alicyclic amines) is 1. The molecule has 27 heavy (non-hydrogen) atoms. The van der Waals surface area contributed by atoms with E-state index >= 15 is 0 Å². The third-order valence-corrected chi connectivity index (χ3v) is 3.87. The Morgan fingerprint density at radius 1 is 1.30 bits per heavy atom. The van der Waals surface area contributed by atoms with Gasteiger partial charge in [-0.1, -0.05) is 11.6 Å². The molecule has 1 aromatic carbocycles. The zero-order chi connectivity index (χ0) is 20.6. The fourth-order valence-corrected chi connectivity index (χ4v) is 2.25. The van der Waals surface area contributed by atoms with Crippen LogP contribution in [0.15, 0.2) is 18.2 Å². The molecular formula is C16H19ClF4N2O4. The van der Waals surface area contributed by atoms with Crippen LogP contribution in [0.1, 0.15) is 12.8 Å². The van der Waals surface area contributed by atoms with Gasteiger partial charge in [-0.2, -0.15) is 13.2 Å². The second kappa shape index (κ2) is 10.4. The zero-order valence-electron chi connectivity index (χ0n) is 14.1. The summed E-state index contributed by atoms with van der Waals surface area (Å²) in [6.07, 6.45) is -3.26. The quantitative estimate of drug-likeness (QED) is 0.719. The Labute approximate surface area is 157 Å². The first-order chi connectivity index (χ1) is 12.5. The standard InChI is InChI=1S/C14H18ClFN2O2.C2HF3O2/c15-13-2-1-12(7-14(13)16)20-9-11(19)8-18-5-3-10(17)4-6-18;3-2(4,5)1(6)7/h1-2,7,10H,3-6,8-9,17H2;(H,6,7). The molecule has 11 heteroatoms. The van der Waals surface area contributed by atoms with E-state index in [1.807, 2.05) is 0 Å². The van der Waals surface area contributed by atoms with Gasteiger partial charge in [-0.25, -0.2) is 9.18 Å². The molecule has 0 amide bonds. The number of nitrogens with zero attached hydrogens (tertiary/aromatic N) is 1. The molecule has 1 saturated heterocycles. The van der Waals surface area contributed by atoms with Crippen LogP contribution >= 0.6 is 11.6 Å². The first kappa shape index (κ1) is 23.1. The van der Waals surface area contributed by atoms with E-state index in [1.54, 1.807) is 6.07 Å². The second-order valence-electron chi connectivity index (χ2n) is 5.82. The summed E-state index contributed by atoms with van der Waals surface area (Å²) in [6.45, 7) is 1.96. The van der Waals surface area contributed by atoms with Gasteiger partial charge in [0.05, 0.1) is 11.6 Å². The topological polar surface area (TPSA) is 92.9 Å². The number of rotatable bonds is 5. The normalized spacial score (nSPS) is 15.6. The number of hydrogen-bond donors (Lipinski definition) is 2. The van der Waals surface area contributed by atoms with Crippen molar-refractivity contribution < 1.29 is 37.0 Å². The average molecular weight is 415 g/mol. The van der Waals surface area contributed by atoms with Crippen LogP contribution in [-0.2, 0) is 9.59 Å². The van der Waals surface area contributed by atoms with Crippen molar-refractivity contribution in [1.29, 1.82) is 0 Å². The van der Waals surface area contributed by atoms with Crippen molar-refractivity contribution in [3.63, 3.8) is 0 Å².